The van der Waals surface area contributed by atoms with Crippen LogP contribution in [0.4, 0.5) is 0 Å². The second-order valence-corrected chi connectivity index (χ2v) is 8.48. The van der Waals surface area contributed by atoms with E-state index in [1.165, 1.54) is 30.7 Å². The Morgan fingerprint density at radius 1 is 1.19 bits per heavy atom. The van der Waals surface area contributed by atoms with Crippen LogP contribution in [0.5, 0.6) is 11.5 Å². The van der Waals surface area contributed by atoms with Crippen LogP contribution in [0.3, 0.4) is 0 Å². The highest BCUT2D eigenvalue weighted by Crippen LogP contribution is 2.32. The highest BCUT2D eigenvalue weighted by molar-refractivity contribution is 7.89. The van der Waals surface area contributed by atoms with Crippen molar-refractivity contribution in [2.45, 2.75) is 23.8 Å². The Labute approximate surface area is 154 Å². The maximum absolute atomic E-state index is 13.3. The van der Waals surface area contributed by atoms with Crippen molar-refractivity contribution in [1.29, 1.82) is 0 Å². The summed E-state index contributed by atoms with van der Waals surface area (Å²) in [6.07, 6.45) is 1.05. The lowest BCUT2D eigenvalue weighted by atomic mass is 10.0. The van der Waals surface area contributed by atoms with Gasteiger partial charge in [0.1, 0.15) is 16.4 Å². The molecule has 8 nitrogen and oxygen atoms in total. The highest BCUT2D eigenvalue weighted by Gasteiger charge is 2.37. The minimum atomic E-state index is -3.96. The summed E-state index contributed by atoms with van der Waals surface area (Å²) in [5, 5.41) is 9.45. The summed E-state index contributed by atoms with van der Waals surface area (Å²) in [7, 11) is 2.62. The molecule has 1 aromatic rings. The van der Waals surface area contributed by atoms with E-state index < -0.39 is 21.9 Å². The smallest absolute Gasteiger partial charge is 0.307 e. The van der Waals surface area contributed by atoms with Crippen molar-refractivity contribution in [2.75, 3.05) is 41.4 Å². The molecule has 2 rings (SSSR count). The van der Waals surface area contributed by atoms with E-state index in [0.717, 1.165) is 0 Å². The maximum atomic E-state index is 13.3. The van der Waals surface area contributed by atoms with Crippen molar-refractivity contribution in [3.05, 3.63) is 18.2 Å². The standard InChI is InChI=1S/C17H26N2O6S/c1-18(2)13-6-5-12(17(20)21)10-19(11-13)26(22,23)16-9-14(24-3)7-8-15(16)25-4/h7-9,12-13H,5-6,10-11H2,1-4H3,(H,20,21)/t12-,13+/m0/s1. The van der Waals surface area contributed by atoms with Crippen LogP contribution in [-0.4, -0.2) is 76.1 Å². The zero-order valence-corrected chi connectivity index (χ0v) is 16.3. The number of sulfonamides is 1. The third kappa shape index (κ3) is 4.28. The Morgan fingerprint density at radius 3 is 2.42 bits per heavy atom. The van der Waals surface area contributed by atoms with Gasteiger partial charge in [0, 0.05) is 25.2 Å². The fourth-order valence-electron chi connectivity index (χ4n) is 3.08. The van der Waals surface area contributed by atoms with E-state index >= 15 is 0 Å². The number of hydrogen-bond donors (Lipinski definition) is 1. The number of nitrogens with zero attached hydrogens (tertiary/aromatic N) is 2. The topological polar surface area (TPSA) is 96.4 Å². The van der Waals surface area contributed by atoms with Crippen molar-refractivity contribution in [3.63, 3.8) is 0 Å². The predicted molar refractivity (Wildman–Crippen MR) is 96.1 cm³/mol. The molecule has 1 aliphatic heterocycles. The summed E-state index contributed by atoms with van der Waals surface area (Å²) in [6.45, 7) is 0.155. The summed E-state index contributed by atoms with van der Waals surface area (Å²) in [4.78, 5) is 13.4. The molecule has 1 N–H and O–H groups in total. The molecule has 146 valence electrons. The van der Waals surface area contributed by atoms with E-state index in [-0.39, 0.29) is 29.8 Å². The number of aliphatic carboxylic acids is 1. The molecule has 0 aliphatic carbocycles. The van der Waals surface area contributed by atoms with Crippen LogP contribution >= 0.6 is 0 Å². The van der Waals surface area contributed by atoms with Gasteiger partial charge in [-0.2, -0.15) is 4.31 Å². The Bertz CT molecular complexity index is 750. The molecule has 0 saturated carbocycles. The van der Waals surface area contributed by atoms with Crippen LogP contribution in [0.15, 0.2) is 23.1 Å². The van der Waals surface area contributed by atoms with Gasteiger partial charge in [-0.05, 0) is 39.1 Å². The highest BCUT2D eigenvalue weighted by atomic mass is 32.2. The molecule has 0 spiro atoms. The number of hydrogen-bond acceptors (Lipinski definition) is 6. The van der Waals surface area contributed by atoms with E-state index in [1.54, 1.807) is 6.07 Å². The second-order valence-electron chi connectivity index (χ2n) is 6.57. The summed E-state index contributed by atoms with van der Waals surface area (Å²) >= 11 is 0. The van der Waals surface area contributed by atoms with Crippen molar-refractivity contribution in [1.82, 2.24) is 9.21 Å². The number of likely N-dealkylation sites (N-methyl/N-ethyl adjacent to an activating group) is 1. The Kier molecular flexibility index (Phi) is 6.48. The molecule has 0 aromatic heterocycles. The maximum Gasteiger partial charge on any atom is 0.307 e. The molecule has 1 aromatic carbocycles. The quantitative estimate of drug-likeness (QED) is 0.782. The SMILES string of the molecule is COc1ccc(OC)c(S(=O)(=O)N2C[C@@H](C(=O)O)CC[C@@H](N(C)C)C2)c1. The predicted octanol–water partition coefficient (Wildman–Crippen LogP) is 1.12. The van der Waals surface area contributed by atoms with Gasteiger partial charge in [-0.3, -0.25) is 4.79 Å². The largest absolute Gasteiger partial charge is 0.497 e. The molecule has 2 atom stereocenters. The molecule has 0 amide bonds. The Morgan fingerprint density at radius 2 is 1.88 bits per heavy atom. The molecule has 1 heterocycles. The van der Waals surface area contributed by atoms with Crippen molar-refractivity contribution in [3.8, 4) is 11.5 Å². The van der Waals surface area contributed by atoms with E-state index in [9.17, 15) is 18.3 Å². The molecule has 26 heavy (non-hydrogen) atoms. The number of carboxylic acids is 1. The van der Waals surface area contributed by atoms with Gasteiger partial charge in [-0.1, -0.05) is 0 Å². The van der Waals surface area contributed by atoms with Gasteiger partial charge in [-0.15, -0.1) is 0 Å². The van der Waals surface area contributed by atoms with Crippen molar-refractivity contribution in [2.24, 2.45) is 5.92 Å². The first-order valence-electron chi connectivity index (χ1n) is 8.32. The number of benzene rings is 1. The average molecular weight is 386 g/mol. The summed E-state index contributed by atoms with van der Waals surface area (Å²) in [5.41, 5.74) is 0. The molecular formula is C17H26N2O6S. The van der Waals surface area contributed by atoms with Crippen molar-refractivity contribution < 1.29 is 27.8 Å². The fraction of sp³-hybridized carbons (Fsp3) is 0.588. The fourth-order valence-corrected chi connectivity index (χ4v) is 4.77. The van der Waals surface area contributed by atoms with Gasteiger partial charge in [0.25, 0.3) is 0 Å². The van der Waals surface area contributed by atoms with Gasteiger partial charge in [-0.25, -0.2) is 8.42 Å². The average Bonchev–Trinajstić information content (AvgIpc) is 2.85. The van der Waals surface area contributed by atoms with E-state index in [0.29, 0.717) is 18.6 Å². The van der Waals surface area contributed by atoms with Gasteiger partial charge in [0.2, 0.25) is 10.0 Å². The molecular weight excluding hydrogens is 360 g/mol. The minimum Gasteiger partial charge on any atom is -0.497 e. The number of carbonyl (C=O) groups is 1. The lowest BCUT2D eigenvalue weighted by molar-refractivity contribution is -0.142. The molecule has 1 aliphatic rings. The molecule has 1 saturated heterocycles. The number of rotatable bonds is 6. The lowest BCUT2D eigenvalue weighted by Crippen LogP contribution is -2.43. The van der Waals surface area contributed by atoms with Gasteiger partial charge < -0.3 is 19.5 Å². The summed E-state index contributed by atoms with van der Waals surface area (Å²) < 4.78 is 38.2. The van der Waals surface area contributed by atoms with E-state index in [2.05, 4.69) is 0 Å². The van der Waals surface area contributed by atoms with E-state index in [4.69, 9.17) is 9.47 Å². The Hall–Kier alpha value is -1.84. The number of carboxylic acid groups (broad SMARTS) is 1. The molecule has 0 radical (unpaired) electrons. The first-order valence-corrected chi connectivity index (χ1v) is 9.76. The summed E-state index contributed by atoms with van der Waals surface area (Å²) in [6, 6.07) is 4.48. The van der Waals surface area contributed by atoms with Gasteiger partial charge >= 0.3 is 5.97 Å². The van der Waals surface area contributed by atoms with Crippen LogP contribution in [0.2, 0.25) is 0 Å². The Balaban J connectivity index is 2.48. The third-order valence-electron chi connectivity index (χ3n) is 4.75. The normalized spacial score (nSPS) is 22.0. The second kappa shape index (κ2) is 8.24. The van der Waals surface area contributed by atoms with Crippen LogP contribution in [0.1, 0.15) is 12.8 Å². The zero-order valence-electron chi connectivity index (χ0n) is 15.5. The molecule has 9 heteroatoms. The minimum absolute atomic E-state index is 0.0251. The van der Waals surface area contributed by atoms with Crippen LogP contribution < -0.4 is 9.47 Å². The van der Waals surface area contributed by atoms with Crippen LogP contribution in [0, 0.1) is 5.92 Å². The van der Waals surface area contributed by atoms with Crippen LogP contribution in [-0.2, 0) is 14.8 Å². The molecule has 1 fully saturated rings. The first kappa shape index (κ1) is 20.5. The van der Waals surface area contributed by atoms with Gasteiger partial charge in [0.05, 0.1) is 20.1 Å². The third-order valence-corrected chi connectivity index (χ3v) is 6.61. The van der Waals surface area contributed by atoms with E-state index in [1.807, 2.05) is 19.0 Å². The monoisotopic (exact) mass is 386 g/mol. The molecule has 0 unspecified atom stereocenters. The number of ether oxygens (including phenoxy) is 2. The lowest BCUT2D eigenvalue weighted by Gasteiger charge is -2.28. The van der Waals surface area contributed by atoms with Crippen LogP contribution in [0.25, 0.3) is 0 Å². The zero-order chi connectivity index (χ0) is 19.5. The van der Waals surface area contributed by atoms with Crippen molar-refractivity contribution >= 4 is 16.0 Å². The molecule has 0 bridgehead atoms. The van der Waals surface area contributed by atoms with Gasteiger partial charge in [0.15, 0.2) is 0 Å². The first-order chi connectivity index (χ1) is 12.2. The summed E-state index contributed by atoms with van der Waals surface area (Å²) in [5.74, 6) is -1.14. The number of methoxy groups -OCH3 is 2.